The second-order valence-electron chi connectivity index (χ2n) is 6.97. The lowest BCUT2D eigenvalue weighted by molar-refractivity contribution is -0.138. The van der Waals surface area contributed by atoms with Crippen molar-refractivity contribution in [2.45, 2.75) is 25.5 Å². The van der Waals surface area contributed by atoms with Gasteiger partial charge in [0, 0.05) is 0 Å². The lowest BCUT2D eigenvalue weighted by Crippen LogP contribution is -2.42. The number of benzene rings is 2. The number of carbonyl (C=O) groups is 2. The van der Waals surface area contributed by atoms with Crippen LogP contribution in [0.5, 0.6) is 0 Å². The molecule has 29 heavy (non-hydrogen) atoms. The van der Waals surface area contributed by atoms with Crippen LogP contribution >= 0.6 is 0 Å². The Hall–Kier alpha value is -3.52. The number of aryl methyl sites for hydroxylation is 1. The van der Waals surface area contributed by atoms with Gasteiger partial charge in [-0.25, -0.2) is 9.67 Å². The molecule has 8 heteroatoms. The van der Waals surface area contributed by atoms with Gasteiger partial charge in [0.15, 0.2) is 11.6 Å². The fraction of sp³-hybridized carbons (Fsp3) is 0.238. The van der Waals surface area contributed by atoms with E-state index < -0.39 is 18.1 Å². The normalized spacial score (nSPS) is 19.0. The van der Waals surface area contributed by atoms with Gasteiger partial charge in [-0.05, 0) is 30.2 Å². The first kappa shape index (κ1) is 18.8. The quantitative estimate of drug-likeness (QED) is 0.685. The largest absolute Gasteiger partial charge is 0.369 e. The number of ether oxygens (including phenoxy) is 1. The van der Waals surface area contributed by atoms with Crippen molar-refractivity contribution < 1.29 is 14.3 Å². The molecule has 1 saturated heterocycles. The third kappa shape index (κ3) is 4.02. The molecule has 2 amide bonds. The lowest BCUT2D eigenvalue weighted by atomic mass is 9.99. The third-order valence-corrected chi connectivity index (χ3v) is 4.68. The van der Waals surface area contributed by atoms with E-state index >= 15 is 0 Å². The van der Waals surface area contributed by atoms with Crippen molar-refractivity contribution in [1.29, 1.82) is 0 Å². The van der Waals surface area contributed by atoms with Crippen molar-refractivity contribution in [2.75, 3.05) is 6.61 Å². The zero-order valence-electron chi connectivity index (χ0n) is 15.9. The molecule has 1 aliphatic heterocycles. The molecule has 0 bridgehead atoms. The number of nitrogens with two attached hydrogens (primary N) is 1. The monoisotopic (exact) mass is 391 g/mol. The van der Waals surface area contributed by atoms with E-state index in [1.54, 1.807) is 4.68 Å². The molecule has 2 aromatic carbocycles. The standard InChI is InChI=1S/C21H21N5O3/c1-13-6-5-9-15(10-13)26-21(23-17(25-26)11-16(22)27)20-19(24-18(28)12-29-20)14-7-3-2-4-8-14/h2-10,19-20H,11-12H2,1H3,(H2,22,27)(H,24,28)/t19-,20+/m1/s1. The van der Waals surface area contributed by atoms with E-state index in [1.807, 2.05) is 61.5 Å². The maximum atomic E-state index is 12.0. The molecule has 1 fully saturated rings. The van der Waals surface area contributed by atoms with Crippen LogP contribution in [0.1, 0.15) is 34.9 Å². The second kappa shape index (κ2) is 7.84. The molecule has 0 unspecified atom stereocenters. The molecular formula is C21H21N5O3. The van der Waals surface area contributed by atoms with Gasteiger partial charge >= 0.3 is 0 Å². The zero-order chi connectivity index (χ0) is 20.4. The Morgan fingerprint density at radius 3 is 2.76 bits per heavy atom. The minimum Gasteiger partial charge on any atom is -0.369 e. The van der Waals surface area contributed by atoms with E-state index in [2.05, 4.69) is 15.4 Å². The van der Waals surface area contributed by atoms with E-state index in [0.717, 1.165) is 16.8 Å². The predicted octanol–water partition coefficient (Wildman–Crippen LogP) is 1.53. The van der Waals surface area contributed by atoms with Crippen LogP contribution in [0.3, 0.4) is 0 Å². The summed E-state index contributed by atoms with van der Waals surface area (Å²) in [5.41, 5.74) is 8.08. The molecule has 8 nitrogen and oxygen atoms in total. The Morgan fingerprint density at radius 2 is 2.03 bits per heavy atom. The summed E-state index contributed by atoms with van der Waals surface area (Å²) >= 11 is 0. The number of carbonyl (C=O) groups excluding carboxylic acids is 2. The molecule has 3 aromatic rings. The number of primary amides is 1. The van der Waals surface area contributed by atoms with Crippen LogP contribution in [0.25, 0.3) is 5.69 Å². The van der Waals surface area contributed by atoms with Crippen LogP contribution in [0, 0.1) is 6.92 Å². The van der Waals surface area contributed by atoms with Crippen LogP contribution in [0.15, 0.2) is 54.6 Å². The number of nitrogens with one attached hydrogen (secondary N) is 1. The van der Waals surface area contributed by atoms with Gasteiger partial charge in [-0.15, -0.1) is 0 Å². The molecular weight excluding hydrogens is 370 g/mol. The minimum atomic E-state index is -0.579. The highest BCUT2D eigenvalue weighted by Gasteiger charge is 2.36. The molecule has 0 saturated carbocycles. The molecule has 148 valence electrons. The summed E-state index contributed by atoms with van der Waals surface area (Å²) in [7, 11) is 0. The molecule has 0 spiro atoms. The Bertz CT molecular complexity index is 1050. The highest BCUT2D eigenvalue weighted by atomic mass is 16.5. The number of nitrogens with zero attached hydrogens (tertiary/aromatic N) is 3. The number of amides is 2. The van der Waals surface area contributed by atoms with Crippen LogP contribution in [0.4, 0.5) is 0 Å². The fourth-order valence-corrected chi connectivity index (χ4v) is 3.43. The molecule has 0 radical (unpaired) electrons. The molecule has 2 atom stereocenters. The third-order valence-electron chi connectivity index (χ3n) is 4.68. The van der Waals surface area contributed by atoms with E-state index in [4.69, 9.17) is 10.5 Å². The fourth-order valence-electron chi connectivity index (χ4n) is 3.43. The van der Waals surface area contributed by atoms with Crippen LogP contribution < -0.4 is 11.1 Å². The van der Waals surface area contributed by atoms with Gasteiger partial charge in [0.05, 0.1) is 18.2 Å². The summed E-state index contributed by atoms with van der Waals surface area (Å²) in [4.78, 5) is 28.0. The summed E-state index contributed by atoms with van der Waals surface area (Å²) in [6.45, 7) is 1.90. The van der Waals surface area contributed by atoms with Gasteiger partial charge in [0.2, 0.25) is 11.8 Å². The number of hydrogen-bond acceptors (Lipinski definition) is 5. The summed E-state index contributed by atoms with van der Waals surface area (Å²) in [5.74, 6) is 0.0894. The number of aromatic nitrogens is 3. The Morgan fingerprint density at radius 1 is 1.24 bits per heavy atom. The molecule has 3 N–H and O–H groups in total. The summed E-state index contributed by atoms with van der Waals surface area (Å²) in [6, 6.07) is 16.9. The highest BCUT2D eigenvalue weighted by Crippen LogP contribution is 2.34. The lowest BCUT2D eigenvalue weighted by Gasteiger charge is -2.32. The smallest absolute Gasteiger partial charge is 0.246 e. The maximum absolute atomic E-state index is 12.0. The predicted molar refractivity (Wildman–Crippen MR) is 105 cm³/mol. The summed E-state index contributed by atoms with van der Waals surface area (Å²) in [5, 5.41) is 7.48. The van der Waals surface area contributed by atoms with Crippen molar-refractivity contribution in [2.24, 2.45) is 5.73 Å². The van der Waals surface area contributed by atoms with Gasteiger partial charge in [0.1, 0.15) is 12.7 Å². The second-order valence-corrected chi connectivity index (χ2v) is 6.97. The van der Waals surface area contributed by atoms with Gasteiger partial charge < -0.3 is 15.8 Å². The molecule has 4 rings (SSSR count). The molecule has 1 aromatic heterocycles. The van der Waals surface area contributed by atoms with E-state index in [0.29, 0.717) is 11.6 Å². The number of hydrogen-bond donors (Lipinski definition) is 2. The molecule has 2 heterocycles. The van der Waals surface area contributed by atoms with Crippen molar-refractivity contribution in [3.63, 3.8) is 0 Å². The van der Waals surface area contributed by atoms with E-state index in [-0.39, 0.29) is 18.9 Å². The number of morpholine rings is 1. The van der Waals surface area contributed by atoms with Crippen LogP contribution in [-0.4, -0.2) is 33.2 Å². The Balaban J connectivity index is 1.81. The Labute approximate surface area is 167 Å². The van der Waals surface area contributed by atoms with Crippen LogP contribution in [0.2, 0.25) is 0 Å². The molecule has 1 aliphatic rings. The van der Waals surface area contributed by atoms with Crippen molar-refractivity contribution in [3.8, 4) is 5.69 Å². The summed E-state index contributed by atoms with van der Waals surface area (Å²) in [6.07, 6.45) is -0.661. The van der Waals surface area contributed by atoms with Gasteiger partial charge in [0.25, 0.3) is 0 Å². The first-order chi connectivity index (χ1) is 14.0. The van der Waals surface area contributed by atoms with E-state index in [9.17, 15) is 9.59 Å². The highest BCUT2D eigenvalue weighted by molar-refractivity contribution is 5.78. The minimum absolute atomic E-state index is 0.0824. The average Bonchev–Trinajstić information content (AvgIpc) is 3.11. The first-order valence-corrected chi connectivity index (χ1v) is 9.28. The molecule has 0 aliphatic carbocycles. The Kier molecular flexibility index (Phi) is 5.09. The SMILES string of the molecule is Cc1cccc(-n2nc(CC(N)=O)nc2[C@H]2OCC(=O)N[C@@H]2c2ccccc2)c1. The van der Waals surface area contributed by atoms with Gasteiger partial charge in [-0.3, -0.25) is 9.59 Å². The summed E-state index contributed by atoms with van der Waals surface area (Å²) < 4.78 is 7.56. The zero-order valence-corrected chi connectivity index (χ0v) is 15.9. The van der Waals surface area contributed by atoms with Gasteiger partial charge in [-0.2, -0.15) is 5.10 Å². The van der Waals surface area contributed by atoms with Crippen LogP contribution in [-0.2, 0) is 20.7 Å². The topological polar surface area (TPSA) is 112 Å². The number of rotatable bonds is 5. The van der Waals surface area contributed by atoms with E-state index in [1.165, 1.54) is 0 Å². The van der Waals surface area contributed by atoms with Crippen molar-refractivity contribution >= 4 is 11.8 Å². The first-order valence-electron chi connectivity index (χ1n) is 9.28. The maximum Gasteiger partial charge on any atom is 0.246 e. The van der Waals surface area contributed by atoms with Crippen molar-refractivity contribution in [1.82, 2.24) is 20.1 Å². The van der Waals surface area contributed by atoms with Crippen molar-refractivity contribution in [3.05, 3.63) is 77.4 Å². The van der Waals surface area contributed by atoms with Gasteiger partial charge in [-0.1, -0.05) is 42.5 Å². The average molecular weight is 391 g/mol.